The molecular weight excluding hydrogens is 132 g/mol. The Morgan fingerprint density at radius 2 is 1.90 bits per heavy atom. The third kappa shape index (κ3) is 1.07. The fourth-order valence-electron chi connectivity index (χ4n) is 1.25. The molecule has 0 heterocycles. The smallest absolute Gasteiger partial charge is 0.168 e. The van der Waals surface area contributed by atoms with E-state index in [0.29, 0.717) is 12.8 Å². The van der Waals surface area contributed by atoms with Crippen LogP contribution in [0.3, 0.4) is 0 Å². The molecule has 58 valence electrons. The third-order valence-corrected chi connectivity index (χ3v) is 2.08. The highest BCUT2D eigenvalue weighted by Gasteiger charge is 2.44. The molecule has 0 spiro atoms. The molecule has 0 aromatic carbocycles. The van der Waals surface area contributed by atoms with Gasteiger partial charge in [-0.3, -0.25) is 0 Å². The Balaban J connectivity index is 2.38. The Labute approximate surface area is 60.3 Å². The molecule has 0 aromatic rings. The van der Waals surface area contributed by atoms with Gasteiger partial charge in [0.15, 0.2) is 5.79 Å². The first-order valence-electron chi connectivity index (χ1n) is 3.32. The van der Waals surface area contributed by atoms with Gasteiger partial charge in [-0.05, 0) is 0 Å². The molecule has 1 aliphatic rings. The van der Waals surface area contributed by atoms with Crippen molar-refractivity contribution in [2.24, 2.45) is 5.92 Å². The van der Waals surface area contributed by atoms with E-state index in [1.54, 1.807) is 14.2 Å². The molecule has 0 amide bonds. The molecule has 0 radical (unpaired) electrons. The summed E-state index contributed by atoms with van der Waals surface area (Å²) in [5.41, 5.74) is 0. The van der Waals surface area contributed by atoms with Gasteiger partial charge in [-0.2, -0.15) is 0 Å². The number of carbonyl (C=O) groups excluding carboxylic acids is 1. The van der Waals surface area contributed by atoms with Gasteiger partial charge < -0.3 is 14.3 Å². The maximum absolute atomic E-state index is 10.2. The maximum atomic E-state index is 10.2. The van der Waals surface area contributed by atoms with E-state index in [1.165, 1.54) is 0 Å². The second-order valence-corrected chi connectivity index (χ2v) is 2.62. The molecule has 0 unspecified atom stereocenters. The summed E-state index contributed by atoms with van der Waals surface area (Å²) in [6.07, 6.45) is 2.35. The normalized spacial score (nSPS) is 23.8. The van der Waals surface area contributed by atoms with Crippen LogP contribution in [0.4, 0.5) is 0 Å². The van der Waals surface area contributed by atoms with Crippen molar-refractivity contribution in [1.82, 2.24) is 0 Å². The molecule has 1 rings (SSSR count). The summed E-state index contributed by atoms with van der Waals surface area (Å²) in [6.45, 7) is 0. The Bertz CT molecular complexity index is 121. The highest BCUT2D eigenvalue weighted by Crippen LogP contribution is 2.39. The molecule has 0 aliphatic heterocycles. The largest absolute Gasteiger partial charge is 0.353 e. The predicted octanol–water partition coefficient (Wildman–Crippen LogP) is 0.584. The Morgan fingerprint density at radius 1 is 1.40 bits per heavy atom. The lowest BCUT2D eigenvalue weighted by Crippen LogP contribution is -2.47. The number of carbonyl (C=O) groups is 1. The molecule has 3 nitrogen and oxygen atoms in total. The van der Waals surface area contributed by atoms with Crippen molar-refractivity contribution >= 4 is 6.29 Å². The van der Waals surface area contributed by atoms with Gasteiger partial charge in [0.25, 0.3) is 0 Å². The average Bonchev–Trinajstić information content (AvgIpc) is 1.89. The van der Waals surface area contributed by atoms with E-state index >= 15 is 0 Å². The van der Waals surface area contributed by atoms with Crippen molar-refractivity contribution in [3.05, 3.63) is 0 Å². The van der Waals surface area contributed by atoms with E-state index < -0.39 is 5.79 Å². The monoisotopic (exact) mass is 144 g/mol. The van der Waals surface area contributed by atoms with Gasteiger partial charge in [0.05, 0.1) is 0 Å². The summed E-state index contributed by atoms with van der Waals surface area (Å²) < 4.78 is 10.1. The summed E-state index contributed by atoms with van der Waals surface area (Å²) in [5, 5.41) is 0. The lowest BCUT2D eigenvalue weighted by Gasteiger charge is -2.42. The first kappa shape index (κ1) is 7.69. The zero-order valence-corrected chi connectivity index (χ0v) is 6.29. The fourth-order valence-corrected chi connectivity index (χ4v) is 1.25. The SMILES string of the molecule is COC1(OC)CC(C=O)C1. The van der Waals surface area contributed by atoms with Gasteiger partial charge in [-0.15, -0.1) is 0 Å². The van der Waals surface area contributed by atoms with Crippen molar-refractivity contribution < 1.29 is 14.3 Å². The van der Waals surface area contributed by atoms with Crippen LogP contribution < -0.4 is 0 Å². The molecule has 10 heavy (non-hydrogen) atoms. The zero-order valence-electron chi connectivity index (χ0n) is 6.29. The molecule has 1 saturated carbocycles. The van der Waals surface area contributed by atoms with Crippen LogP contribution in [0.25, 0.3) is 0 Å². The van der Waals surface area contributed by atoms with Gasteiger partial charge >= 0.3 is 0 Å². The molecule has 1 aliphatic carbocycles. The van der Waals surface area contributed by atoms with Gasteiger partial charge in [-0.1, -0.05) is 0 Å². The molecule has 0 bridgehead atoms. The minimum absolute atomic E-state index is 0.139. The number of methoxy groups -OCH3 is 2. The third-order valence-electron chi connectivity index (χ3n) is 2.08. The maximum Gasteiger partial charge on any atom is 0.168 e. The van der Waals surface area contributed by atoms with Gasteiger partial charge in [0.2, 0.25) is 0 Å². The minimum atomic E-state index is -0.453. The lowest BCUT2D eigenvalue weighted by atomic mass is 9.80. The van der Waals surface area contributed by atoms with Gasteiger partial charge in [-0.25, -0.2) is 0 Å². The van der Waals surface area contributed by atoms with E-state index in [4.69, 9.17) is 9.47 Å². The van der Waals surface area contributed by atoms with E-state index in [0.717, 1.165) is 6.29 Å². The topological polar surface area (TPSA) is 35.5 Å². The minimum Gasteiger partial charge on any atom is -0.353 e. The number of hydrogen-bond acceptors (Lipinski definition) is 3. The van der Waals surface area contributed by atoms with Crippen molar-refractivity contribution in [3.63, 3.8) is 0 Å². The van der Waals surface area contributed by atoms with Crippen LogP contribution in [0.15, 0.2) is 0 Å². The first-order chi connectivity index (χ1) is 4.76. The van der Waals surface area contributed by atoms with E-state index in [9.17, 15) is 4.79 Å². The van der Waals surface area contributed by atoms with Crippen molar-refractivity contribution in [2.75, 3.05) is 14.2 Å². The zero-order chi connectivity index (χ0) is 7.61. The molecule has 0 saturated heterocycles. The van der Waals surface area contributed by atoms with Crippen molar-refractivity contribution in [1.29, 1.82) is 0 Å². The molecule has 3 heteroatoms. The summed E-state index contributed by atoms with van der Waals surface area (Å²) in [4.78, 5) is 10.2. The van der Waals surface area contributed by atoms with E-state index in [2.05, 4.69) is 0 Å². The standard InChI is InChI=1S/C7H12O3/c1-9-7(10-2)3-6(4-7)5-8/h5-6H,3-4H2,1-2H3. The summed E-state index contributed by atoms with van der Waals surface area (Å²) in [6, 6.07) is 0. The Kier molecular flexibility index (Phi) is 2.06. The summed E-state index contributed by atoms with van der Waals surface area (Å²) in [7, 11) is 3.20. The summed E-state index contributed by atoms with van der Waals surface area (Å²) in [5.74, 6) is -0.314. The molecule has 0 N–H and O–H groups in total. The van der Waals surface area contributed by atoms with Crippen LogP contribution in [0.5, 0.6) is 0 Å². The fraction of sp³-hybridized carbons (Fsp3) is 0.857. The number of aldehydes is 1. The van der Waals surface area contributed by atoms with Crippen LogP contribution in [-0.2, 0) is 14.3 Å². The van der Waals surface area contributed by atoms with Crippen LogP contribution in [0.1, 0.15) is 12.8 Å². The average molecular weight is 144 g/mol. The second kappa shape index (κ2) is 2.68. The predicted molar refractivity (Wildman–Crippen MR) is 35.5 cm³/mol. The van der Waals surface area contributed by atoms with Crippen molar-refractivity contribution in [3.8, 4) is 0 Å². The quantitative estimate of drug-likeness (QED) is 0.429. The number of rotatable bonds is 3. The second-order valence-electron chi connectivity index (χ2n) is 2.62. The van der Waals surface area contributed by atoms with Crippen LogP contribution in [-0.4, -0.2) is 26.3 Å². The Morgan fingerprint density at radius 3 is 2.20 bits per heavy atom. The van der Waals surface area contributed by atoms with Crippen molar-refractivity contribution in [2.45, 2.75) is 18.6 Å². The van der Waals surface area contributed by atoms with E-state index in [-0.39, 0.29) is 5.92 Å². The summed E-state index contributed by atoms with van der Waals surface area (Å²) >= 11 is 0. The van der Waals surface area contributed by atoms with Crippen LogP contribution in [0, 0.1) is 5.92 Å². The van der Waals surface area contributed by atoms with Crippen LogP contribution in [0.2, 0.25) is 0 Å². The van der Waals surface area contributed by atoms with E-state index in [1.807, 2.05) is 0 Å². The molecule has 1 fully saturated rings. The molecule has 0 atom stereocenters. The molecule has 0 aromatic heterocycles. The number of ether oxygens (including phenoxy) is 2. The van der Waals surface area contributed by atoms with Crippen LogP contribution >= 0.6 is 0 Å². The van der Waals surface area contributed by atoms with Gasteiger partial charge in [0.1, 0.15) is 6.29 Å². The molecular formula is C7H12O3. The number of hydrogen-bond donors (Lipinski definition) is 0. The highest BCUT2D eigenvalue weighted by molar-refractivity contribution is 5.55. The Hall–Kier alpha value is -0.410. The van der Waals surface area contributed by atoms with Gasteiger partial charge in [0, 0.05) is 33.0 Å². The highest BCUT2D eigenvalue weighted by atomic mass is 16.7. The lowest BCUT2D eigenvalue weighted by molar-refractivity contribution is -0.264. The first-order valence-corrected chi connectivity index (χ1v) is 3.32.